The number of nitrogens with one attached hydrogen (secondary N) is 1. The summed E-state index contributed by atoms with van der Waals surface area (Å²) in [4.78, 5) is 0. The second-order valence-corrected chi connectivity index (χ2v) is 5.58. The van der Waals surface area contributed by atoms with E-state index < -0.39 is 0 Å². The maximum absolute atomic E-state index is 9.83. The van der Waals surface area contributed by atoms with E-state index in [0.717, 1.165) is 5.69 Å². The van der Waals surface area contributed by atoms with Gasteiger partial charge < -0.3 is 15.5 Å². The van der Waals surface area contributed by atoms with Crippen LogP contribution in [0.4, 0.5) is 10.8 Å². The van der Waals surface area contributed by atoms with Crippen molar-refractivity contribution in [2.45, 2.75) is 6.92 Å². The van der Waals surface area contributed by atoms with Gasteiger partial charge in [-0.2, -0.15) is 0 Å². The summed E-state index contributed by atoms with van der Waals surface area (Å²) in [6.45, 7) is 2.03. The van der Waals surface area contributed by atoms with E-state index in [1.165, 1.54) is 29.0 Å². The smallest absolute Gasteiger partial charge is 0.210 e. The molecule has 0 aliphatic rings. The lowest BCUT2D eigenvalue weighted by Gasteiger charge is -2.02. The number of rotatable bonds is 3. The lowest BCUT2D eigenvalue weighted by molar-refractivity contribution is 0.452. The third-order valence-electron chi connectivity index (χ3n) is 2.94. The molecule has 1 aromatic heterocycles. The standard InChI is InChI=1S/C15H13N3O2S/c1-9-2-4-10(5-3-9)16-15-18-17-14(21-15)12-7-6-11(19)8-13(12)20/h2-8,19-20H,1H3,(H,16,18). The maximum atomic E-state index is 9.83. The quantitative estimate of drug-likeness (QED) is 0.688. The SMILES string of the molecule is Cc1ccc(Nc2nnc(-c3ccc(O)cc3O)s2)cc1. The number of benzene rings is 2. The first-order valence-corrected chi connectivity index (χ1v) is 7.13. The van der Waals surface area contributed by atoms with Crippen molar-refractivity contribution in [1.82, 2.24) is 10.2 Å². The van der Waals surface area contributed by atoms with Gasteiger partial charge in [0.25, 0.3) is 0 Å². The summed E-state index contributed by atoms with van der Waals surface area (Å²) in [6, 6.07) is 12.4. The van der Waals surface area contributed by atoms with Gasteiger partial charge in [0.05, 0.1) is 5.56 Å². The number of aromatic nitrogens is 2. The highest BCUT2D eigenvalue weighted by atomic mass is 32.1. The third-order valence-corrected chi connectivity index (χ3v) is 3.81. The molecule has 106 valence electrons. The molecule has 0 atom stereocenters. The molecule has 0 saturated heterocycles. The molecular formula is C15H13N3O2S. The fraction of sp³-hybridized carbons (Fsp3) is 0.0667. The molecule has 5 nitrogen and oxygen atoms in total. The fourth-order valence-corrected chi connectivity index (χ4v) is 2.64. The zero-order valence-electron chi connectivity index (χ0n) is 11.2. The van der Waals surface area contributed by atoms with Gasteiger partial charge in [-0.1, -0.05) is 29.0 Å². The van der Waals surface area contributed by atoms with Crippen molar-refractivity contribution < 1.29 is 10.2 Å². The molecule has 0 aliphatic carbocycles. The van der Waals surface area contributed by atoms with Crippen molar-refractivity contribution in [3.8, 4) is 22.1 Å². The molecule has 3 N–H and O–H groups in total. The predicted molar refractivity (Wildman–Crippen MR) is 83.1 cm³/mol. The molecule has 1 heterocycles. The first-order chi connectivity index (χ1) is 10.1. The molecular weight excluding hydrogens is 286 g/mol. The van der Waals surface area contributed by atoms with E-state index in [2.05, 4.69) is 15.5 Å². The minimum Gasteiger partial charge on any atom is -0.508 e. The summed E-state index contributed by atoms with van der Waals surface area (Å²) in [5.74, 6) is -0.00759. The predicted octanol–water partition coefficient (Wildman–Crippen LogP) is 3.67. The number of hydrogen-bond donors (Lipinski definition) is 3. The van der Waals surface area contributed by atoms with Gasteiger partial charge in [-0.15, -0.1) is 10.2 Å². The van der Waals surface area contributed by atoms with Crippen molar-refractivity contribution in [2.75, 3.05) is 5.32 Å². The first kappa shape index (κ1) is 13.4. The monoisotopic (exact) mass is 299 g/mol. The summed E-state index contributed by atoms with van der Waals surface area (Å²) in [5, 5.41) is 31.6. The maximum Gasteiger partial charge on any atom is 0.210 e. The van der Waals surface area contributed by atoms with Gasteiger partial charge in [-0.3, -0.25) is 0 Å². The molecule has 21 heavy (non-hydrogen) atoms. The van der Waals surface area contributed by atoms with Crippen molar-refractivity contribution in [3.05, 3.63) is 48.0 Å². The Kier molecular flexibility index (Phi) is 3.45. The normalized spacial score (nSPS) is 10.5. The number of hydrogen-bond acceptors (Lipinski definition) is 6. The zero-order valence-corrected chi connectivity index (χ0v) is 12.1. The van der Waals surface area contributed by atoms with E-state index in [9.17, 15) is 10.2 Å². The largest absolute Gasteiger partial charge is 0.508 e. The molecule has 0 spiro atoms. The molecule has 0 fully saturated rings. The van der Waals surface area contributed by atoms with Gasteiger partial charge >= 0.3 is 0 Å². The van der Waals surface area contributed by atoms with Crippen LogP contribution in [0.3, 0.4) is 0 Å². The van der Waals surface area contributed by atoms with Crippen LogP contribution in [0.5, 0.6) is 11.5 Å². The van der Waals surface area contributed by atoms with Crippen LogP contribution in [0, 0.1) is 6.92 Å². The molecule has 0 unspecified atom stereocenters. The molecule has 0 radical (unpaired) electrons. The summed E-state index contributed by atoms with van der Waals surface area (Å²) < 4.78 is 0. The Morgan fingerprint density at radius 1 is 1.00 bits per heavy atom. The molecule has 0 saturated carbocycles. The number of aryl methyl sites for hydroxylation is 1. The topological polar surface area (TPSA) is 78.3 Å². The van der Waals surface area contributed by atoms with E-state index in [4.69, 9.17) is 0 Å². The second kappa shape index (κ2) is 5.41. The number of phenolic OH excluding ortho intramolecular Hbond substituents is 2. The number of aromatic hydroxyl groups is 2. The third kappa shape index (κ3) is 2.95. The van der Waals surface area contributed by atoms with E-state index >= 15 is 0 Å². The summed E-state index contributed by atoms with van der Waals surface area (Å²) in [5.41, 5.74) is 2.66. The van der Waals surface area contributed by atoms with E-state index in [1.54, 1.807) is 6.07 Å². The molecule has 3 aromatic rings. The molecule has 6 heteroatoms. The summed E-state index contributed by atoms with van der Waals surface area (Å²) in [6.07, 6.45) is 0. The van der Waals surface area contributed by atoms with Crippen LogP contribution >= 0.6 is 11.3 Å². The number of phenols is 2. The number of anilines is 2. The van der Waals surface area contributed by atoms with Crippen molar-refractivity contribution in [3.63, 3.8) is 0 Å². The highest BCUT2D eigenvalue weighted by Gasteiger charge is 2.11. The lowest BCUT2D eigenvalue weighted by atomic mass is 10.2. The Morgan fingerprint density at radius 2 is 1.76 bits per heavy atom. The molecule has 0 bridgehead atoms. The van der Waals surface area contributed by atoms with E-state index in [-0.39, 0.29) is 11.5 Å². The molecule has 0 amide bonds. The van der Waals surface area contributed by atoms with Gasteiger partial charge in [0.2, 0.25) is 5.13 Å². The first-order valence-electron chi connectivity index (χ1n) is 6.31. The Labute approximate surface area is 125 Å². The highest BCUT2D eigenvalue weighted by molar-refractivity contribution is 7.18. The van der Waals surface area contributed by atoms with Gasteiger partial charge in [-0.25, -0.2) is 0 Å². The second-order valence-electron chi connectivity index (χ2n) is 4.60. The molecule has 0 aliphatic heterocycles. The Bertz CT molecular complexity index is 769. The van der Waals surface area contributed by atoms with E-state index in [0.29, 0.717) is 15.7 Å². The van der Waals surface area contributed by atoms with Gasteiger partial charge in [0, 0.05) is 11.8 Å². The molecule has 3 rings (SSSR count). The highest BCUT2D eigenvalue weighted by Crippen LogP contribution is 2.35. The minimum atomic E-state index is -0.0203. The van der Waals surface area contributed by atoms with E-state index in [1.807, 2.05) is 31.2 Å². The lowest BCUT2D eigenvalue weighted by Crippen LogP contribution is -1.88. The fourth-order valence-electron chi connectivity index (χ4n) is 1.84. The number of nitrogens with zero attached hydrogens (tertiary/aromatic N) is 2. The average molecular weight is 299 g/mol. The van der Waals surface area contributed by atoms with Crippen molar-refractivity contribution in [1.29, 1.82) is 0 Å². The Hall–Kier alpha value is -2.60. The van der Waals surface area contributed by atoms with Crippen molar-refractivity contribution >= 4 is 22.2 Å². The van der Waals surface area contributed by atoms with Gasteiger partial charge in [0.1, 0.15) is 11.5 Å². The Balaban J connectivity index is 1.84. The van der Waals surface area contributed by atoms with Crippen LogP contribution < -0.4 is 5.32 Å². The Morgan fingerprint density at radius 3 is 2.48 bits per heavy atom. The van der Waals surface area contributed by atoms with Crippen LogP contribution in [0.25, 0.3) is 10.6 Å². The van der Waals surface area contributed by atoms with Gasteiger partial charge in [0.15, 0.2) is 5.01 Å². The zero-order chi connectivity index (χ0) is 14.8. The van der Waals surface area contributed by atoms with Crippen LogP contribution in [0.2, 0.25) is 0 Å². The van der Waals surface area contributed by atoms with Crippen LogP contribution in [-0.2, 0) is 0 Å². The van der Waals surface area contributed by atoms with Gasteiger partial charge in [-0.05, 0) is 31.2 Å². The summed E-state index contributed by atoms with van der Waals surface area (Å²) >= 11 is 1.33. The molecule has 2 aromatic carbocycles. The van der Waals surface area contributed by atoms with Crippen LogP contribution in [0.15, 0.2) is 42.5 Å². The van der Waals surface area contributed by atoms with Crippen molar-refractivity contribution in [2.24, 2.45) is 0 Å². The van der Waals surface area contributed by atoms with Crippen LogP contribution in [0.1, 0.15) is 5.56 Å². The average Bonchev–Trinajstić information content (AvgIpc) is 2.90. The summed E-state index contributed by atoms with van der Waals surface area (Å²) in [7, 11) is 0. The van der Waals surface area contributed by atoms with Crippen LogP contribution in [-0.4, -0.2) is 20.4 Å². The minimum absolute atomic E-state index is 0.0127.